The number of nitrogens with zero attached hydrogens (tertiary/aromatic N) is 2. The van der Waals surface area contributed by atoms with Crippen LogP contribution in [0.1, 0.15) is 15.9 Å². The van der Waals surface area contributed by atoms with Crippen molar-refractivity contribution in [1.29, 1.82) is 0 Å². The highest BCUT2D eigenvalue weighted by molar-refractivity contribution is 5.88. The van der Waals surface area contributed by atoms with Crippen LogP contribution in [0.25, 0.3) is 11.4 Å². The summed E-state index contributed by atoms with van der Waals surface area (Å²) in [6.45, 7) is 0.0311. The lowest BCUT2D eigenvalue weighted by molar-refractivity contribution is 0.0469. The van der Waals surface area contributed by atoms with Crippen LogP contribution in [0.4, 0.5) is 4.39 Å². The topological polar surface area (TPSA) is 87.2 Å². The Bertz CT molecular complexity index is 954. The third kappa shape index (κ3) is 3.55. The normalized spacial score (nSPS) is 10.4. The van der Waals surface area contributed by atoms with E-state index in [2.05, 4.69) is 4.98 Å². The molecule has 1 heterocycles. The molecule has 1 aromatic heterocycles. The number of esters is 1. The van der Waals surface area contributed by atoms with E-state index in [9.17, 15) is 14.0 Å². The lowest BCUT2D eigenvalue weighted by atomic mass is 10.2. The molecule has 0 saturated carbocycles. The van der Waals surface area contributed by atoms with E-state index < -0.39 is 17.3 Å². The first-order valence-electron chi connectivity index (χ1n) is 7.40. The molecule has 6 nitrogen and oxygen atoms in total. The monoisotopic (exact) mass is 339 g/mol. The van der Waals surface area contributed by atoms with E-state index in [1.165, 1.54) is 24.3 Å². The van der Waals surface area contributed by atoms with E-state index in [0.29, 0.717) is 5.56 Å². The maximum Gasteiger partial charge on any atom is 0.345 e. The number of ether oxygens (including phenoxy) is 1. The number of halogens is 1. The van der Waals surface area contributed by atoms with Crippen LogP contribution in [0.5, 0.6) is 0 Å². The summed E-state index contributed by atoms with van der Waals surface area (Å²) in [5.41, 5.74) is 0.224. The second-order valence-corrected chi connectivity index (χ2v) is 5.24. The molecule has 0 spiro atoms. The van der Waals surface area contributed by atoms with E-state index in [1.807, 2.05) is 18.2 Å². The fourth-order valence-electron chi connectivity index (χ4n) is 2.22. The van der Waals surface area contributed by atoms with Crippen LogP contribution in [0.3, 0.4) is 0 Å². The summed E-state index contributed by atoms with van der Waals surface area (Å²) in [6.07, 6.45) is 1.11. The van der Waals surface area contributed by atoms with Gasteiger partial charge in [0.25, 0.3) is 5.56 Å². The molecule has 2 N–H and O–H groups in total. The lowest BCUT2D eigenvalue weighted by Crippen LogP contribution is -2.34. The van der Waals surface area contributed by atoms with Crippen LogP contribution in [-0.2, 0) is 11.3 Å². The highest BCUT2D eigenvalue weighted by Crippen LogP contribution is 2.15. The van der Waals surface area contributed by atoms with Crippen molar-refractivity contribution in [2.45, 2.75) is 6.61 Å². The zero-order valence-corrected chi connectivity index (χ0v) is 13.1. The minimum atomic E-state index is -0.814. The quantitative estimate of drug-likeness (QED) is 0.581. The standard InChI is InChI=1S/C18H14FN3O3/c19-14-8-6-13(7-9-14)16-21-10-15(17(23)22(16)20)18(24)25-11-12-4-2-1-3-5-12/h1-10H,11,20H2. The molecule has 0 aliphatic heterocycles. The third-order valence-corrected chi connectivity index (χ3v) is 3.53. The number of hydrogen-bond acceptors (Lipinski definition) is 5. The van der Waals surface area contributed by atoms with E-state index in [1.54, 1.807) is 12.1 Å². The SMILES string of the molecule is Nn1c(-c2ccc(F)cc2)ncc(C(=O)OCc2ccccc2)c1=O. The lowest BCUT2D eigenvalue weighted by Gasteiger charge is -2.09. The predicted molar refractivity (Wildman–Crippen MR) is 89.6 cm³/mol. The van der Waals surface area contributed by atoms with E-state index >= 15 is 0 Å². The van der Waals surface area contributed by atoms with Gasteiger partial charge in [-0.15, -0.1) is 0 Å². The maximum atomic E-state index is 13.0. The average molecular weight is 339 g/mol. The van der Waals surface area contributed by atoms with Crippen LogP contribution >= 0.6 is 0 Å². The van der Waals surface area contributed by atoms with Crippen LogP contribution in [0, 0.1) is 5.82 Å². The molecule has 2 aromatic carbocycles. The number of hydrogen-bond donors (Lipinski definition) is 1. The second-order valence-electron chi connectivity index (χ2n) is 5.24. The molecule has 3 aromatic rings. The fourth-order valence-corrected chi connectivity index (χ4v) is 2.22. The third-order valence-electron chi connectivity index (χ3n) is 3.53. The van der Waals surface area contributed by atoms with Crippen molar-refractivity contribution in [3.05, 3.63) is 88.1 Å². The Morgan fingerprint density at radius 1 is 1.12 bits per heavy atom. The summed E-state index contributed by atoms with van der Waals surface area (Å²) in [6, 6.07) is 14.4. The molecule has 3 rings (SSSR count). The largest absolute Gasteiger partial charge is 0.457 e. The molecule has 0 amide bonds. The van der Waals surface area contributed by atoms with Crippen LogP contribution in [0.2, 0.25) is 0 Å². The molecule has 0 bridgehead atoms. The molecule has 0 saturated heterocycles. The van der Waals surface area contributed by atoms with E-state index in [-0.39, 0.29) is 18.0 Å². The van der Waals surface area contributed by atoms with Gasteiger partial charge in [-0.2, -0.15) is 0 Å². The Balaban J connectivity index is 1.83. The Morgan fingerprint density at radius 2 is 1.80 bits per heavy atom. The Morgan fingerprint density at radius 3 is 2.48 bits per heavy atom. The molecule has 126 valence electrons. The molecule has 0 fully saturated rings. The van der Waals surface area contributed by atoms with Gasteiger partial charge in [-0.05, 0) is 29.8 Å². The average Bonchev–Trinajstić information content (AvgIpc) is 2.64. The summed E-state index contributed by atoms with van der Waals surface area (Å²) in [4.78, 5) is 28.4. The fraction of sp³-hybridized carbons (Fsp3) is 0.0556. The number of carbonyl (C=O) groups is 1. The van der Waals surface area contributed by atoms with E-state index in [4.69, 9.17) is 10.6 Å². The number of carbonyl (C=O) groups excluding carboxylic acids is 1. The highest BCUT2D eigenvalue weighted by Gasteiger charge is 2.17. The summed E-state index contributed by atoms with van der Waals surface area (Å²) < 4.78 is 18.9. The minimum Gasteiger partial charge on any atom is -0.457 e. The first kappa shape index (κ1) is 16.4. The summed E-state index contributed by atoms with van der Waals surface area (Å²) in [5.74, 6) is 4.62. The maximum absolute atomic E-state index is 13.0. The van der Waals surface area contributed by atoms with Crippen molar-refractivity contribution in [3.63, 3.8) is 0 Å². The zero-order valence-electron chi connectivity index (χ0n) is 13.1. The molecule has 25 heavy (non-hydrogen) atoms. The van der Waals surface area contributed by atoms with Crippen molar-refractivity contribution < 1.29 is 13.9 Å². The second kappa shape index (κ2) is 6.96. The number of nitrogen functional groups attached to an aromatic ring is 1. The van der Waals surface area contributed by atoms with Crippen molar-refractivity contribution in [3.8, 4) is 11.4 Å². The van der Waals surface area contributed by atoms with Crippen LogP contribution in [-0.4, -0.2) is 15.6 Å². The van der Waals surface area contributed by atoms with Gasteiger partial charge in [0.1, 0.15) is 18.0 Å². The van der Waals surface area contributed by atoms with Gasteiger partial charge in [-0.1, -0.05) is 30.3 Å². The summed E-state index contributed by atoms with van der Waals surface area (Å²) >= 11 is 0. The Hall–Kier alpha value is -3.48. The van der Waals surface area contributed by atoms with E-state index in [0.717, 1.165) is 16.4 Å². The molecule has 0 unspecified atom stereocenters. The number of aromatic nitrogens is 2. The van der Waals surface area contributed by atoms with Gasteiger partial charge in [0.05, 0.1) is 0 Å². The highest BCUT2D eigenvalue weighted by atomic mass is 19.1. The van der Waals surface area contributed by atoms with Crippen molar-refractivity contribution in [2.75, 3.05) is 5.84 Å². The number of benzene rings is 2. The summed E-state index contributed by atoms with van der Waals surface area (Å²) in [5, 5.41) is 0. The van der Waals surface area contributed by atoms with Gasteiger partial charge in [0.15, 0.2) is 5.82 Å². The molecule has 0 aliphatic carbocycles. The molecular weight excluding hydrogens is 325 g/mol. The van der Waals surface area contributed by atoms with Gasteiger partial charge in [0, 0.05) is 11.8 Å². The Kier molecular flexibility index (Phi) is 4.56. The molecule has 0 atom stereocenters. The van der Waals surface area contributed by atoms with Crippen molar-refractivity contribution in [2.24, 2.45) is 0 Å². The molecule has 0 radical (unpaired) electrons. The van der Waals surface area contributed by atoms with Crippen LogP contribution < -0.4 is 11.4 Å². The van der Waals surface area contributed by atoms with Gasteiger partial charge >= 0.3 is 5.97 Å². The molecule has 0 aliphatic rings. The van der Waals surface area contributed by atoms with Gasteiger partial charge in [-0.25, -0.2) is 18.8 Å². The van der Waals surface area contributed by atoms with Crippen molar-refractivity contribution >= 4 is 5.97 Å². The summed E-state index contributed by atoms with van der Waals surface area (Å²) in [7, 11) is 0. The minimum absolute atomic E-state index is 0.0311. The predicted octanol–water partition coefficient (Wildman–Crippen LogP) is 2.12. The first-order valence-corrected chi connectivity index (χ1v) is 7.40. The van der Waals surface area contributed by atoms with Gasteiger partial charge in [0.2, 0.25) is 0 Å². The van der Waals surface area contributed by atoms with Gasteiger partial charge < -0.3 is 10.6 Å². The smallest absolute Gasteiger partial charge is 0.345 e. The molecule has 7 heteroatoms. The van der Waals surface area contributed by atoms with Gasteiger partial charge in [-0.3, -0.25) is 4.79 Å². The number of rotatable bonds is 4. The van der Waals surface area contributed by atoms with Crippen LogP contribution in [0.15, 0.2) is 65.6 Å². The number of nitrogens with two attached hydrogens (primary N) is 1. The first-order chi connectivity index (χ1) is 12.1. The van der Waals surface area contributed by atoms with Crippen molar-refractivity contribution in [1.82, 2.24) is 9.66 Å². The molecular formula is C18H14FN3O3. The zero-order chi connectivity index (χ0) is 17.8. The Labute approximate surface area is 142 Å².